The van der Waals surface area contributed by atoms with E-state index in [4.69, 9.17) is 5.73 Å². The largest absolute Gasteiger partial charge is 0.370 e. The second-order valence-corrected chi connectivity index (χ2v) is 5.26. The zero-order chi connectivity index (χ0) is 14.1. The Morgan fingerprint density at radius 3 is 3.00 bits per heavy atom. The molecule has 0 aliphatic heterocycles. The molecule has 1 atom stereocenters. The van der Waals surface area contributed by atoms with Gasteiger partial charge in [0, 0.05) is 19.1 Å². The first-order chi connectivity index (χ1) is 9.13. The minimum atomic E-state index is -0.0234. The molecule has 1 amide bonds. The number of thiophene rings is 1. The number of amides is 1. The minimum Gasteiger partial charge on any atom is -0.370 e. The highest BCUT2D eigenvalue weighted by Gasteiger charge is 2.04. The maximum Gasteiger partial charge on any atom is 0.261 e. The molecule has 1 heterocycles. The van der Waals surface area contributed by atoms with Crippen molar-refractivity contribution in [2.45, 2.75) is 32.7 Å². The van der Waals surface area contributed by atoms with Gasteiger partial charge in [-0.2, -0.15) is 0 Å². The third kappa shape index (κ3) is 6.24. The third-order valence-corrected chi connectivity index (χ3v) is 3.52. The molecule has 0 bridgehead atoms. The number of carbonyl (C=O) groups excluding carboxylic acids is 1. The number of hydrogen-bond acceptors (Lipinski definition) is 3. The summed E-state index contributed by atoms with van der Waals surface area (Å²) in [6, 6.07) is 4.01. The zero-order valence-electron chi connectivity index (χ0n) is 11.5. The quantitative estimate of drug-likeness (QED) is 0.403. The number of hydrogen-bond donors (Lipinski definition) is 3. The van der Waals surface area contributed by atoms with Gasteiger partial charge in [-0.3, -0.25) is 9.79 Å². The molecule has 1 unspecified atom stereocenters. The summed E-state index contributed by atoms with van der Waals surface area (Å²) in [5, 5.41) is 7.83. The highest BCUT2D eigenvalue weighted by molar-refractivity contribution is 7.12. The Bertz CT molecular complexity index is 403. The summed E-state index contributed by atoms with van der Waals surface area (Å²) in [7, 11) is 0. The van der Waals surface area contributed by atoms with Crippen LogP contribution in [0.2, 0.25) is 0 Å². The molecule has 0 aromatic carbocycles. The van der Waals surface area contributed by atoms with Gasteiger partial charge in [-0.1, -0.05) is 13.0 Å². The van der Waals surface area contributed by atoms with E-state index in [2.05, 4.69) is 29.5 Å². The molecule has 0 fully saturated rings. The highest BCUT2D eigenvalue weighted by Crippen LogP contribution is 2.07. The van der Waals surface area contributed by atoms with Gasteiger partial charge < -0.3 is 16.4 Å². The standard InChI is InChI=1S/C13H22N4OS/c1-3-10(2)17-13(14)16-8-5-7-15-12(18)11-6-4-9-19-11/h4,6,9-10H,3,5,7-8H2,1-2H3,(H,15,18)(H3,14,16,17). The SMILES string of the molecule is CCC(C)NC(N)=NCCCNC(=O)c1cccs1. The molecular weight excluding hydrogens is 260 g/mol. The average molecular weight is 282 g/mol. The van der Waals surface area contributed by atoms with Gasteiger partial charge in [-0.25, -0.2) is 0 Å². The van der Waals surface area contributed by atoms with Gasteiger partial charge in [-0.05, 0) is 31.2 Å². The van der Waals surface area contributed by atoms with Crippen LogP contribution in [0.3, 0.4) is 0 Å². The van der Waals surface area contributed by atoms with Gasteiger partial charge in [0.15, 0.2) is 5.96 Å². The fraction of sp³-hybridized carbons (Fsp3) is 0.538. The summed E-state index contributed by atoms with van der Waals surface area (Å²) in [5.41, 5.74) is 5.72. The van der Waals surface area contributed by atoms with Crippen molar-refractivity contribution in [3.63, 3.8) is 0 Å². The molecule has 1 rings (SSSR count). The predicted molar refractivity (Wildman–Crippen MR) is 80.6 cm³/mol. The Hall–Kier alpha value is -1.56. The Labute approximate surface area is 118 Å². The second-order valence-electron chi connectivity index (χ2n) is 4.31. The van der Waals surface area contributed by atoms with Gasteiger partial charge in [-0.15, -0.1) is 11.3 Å². The van der Waals surface area contributed by atoms with Crippen LogP contribution < -0.4 is 16.4 Å². The molecule has 0 saturated heterocycles. The Morgan fingerprint density at radius 2 is 2.37 bits per heavy atom. The fourth-order valence-electron chi connectivity index (χ4n) is 1.38. The average Bonchev–Trinajstić information content (AvgIpc) is 2.91. The first-order valence-corrected chi connectivity index (χ1v) is 7.39. The summed E-state index contributed by atoms with van der Waals surface area (Å²) in [5.74, 6) is 0.448. The van der Waals surface area contributed by atoms with Gasteiger partial charge in [0.2, 0.25) is 0 Å². The molecule has 1 aromatic heterocycles. The summed E-state index contributed by atoms with van der Waals surface area (Å²) in [6.45, 7) is 5.37. The maximum absolute atomic E-state index is 11.6. The third-order valence-electron chi connectivity index (χ3n) is 2.65. The molecule has 6 heteroatoms. The lowest BCUT2D eigenvalue weighted by molar-refractivity contribution is 0.0957. The van der Waals surface area contributed by atoms with Crippen molar-refractivity contribution in [3.8, 4) is 0 Å². The number of aliphatic imine (C=N–C) groups is 1. The van der Waals surface area contributed by atoms with E-state index in [0.29, 0.717) is 25.1 Å². The van der Waals surface area contributed by atoms with Crippen molar-refractivity contribution in [1.29, 1.82) is 0 Å². The van der Waals surface area contributed by atoms with Crippen LogP contribution in [0.15, 0.2) is 22.5 Å². The number of rotatable bonds is 7. The molecular formula is C13H22N4OS. The van der Waals surface area contributed by atoms with Crippen molar-refractivity contribution in [1.82, 2.24) is 10.6 Å². The number of nitrogens with one attached hydrogen (secondary N) is 2. The fourth-order valence-corrected chi connectivity index (χ4v) is 2.02. The molecule has 1 aromatic rings. The van der Waals surface area contributed by atoms with Crippen molar-refractivity contribution in [2.75, 3.05) is 13.1 Å². The monoisotopic (exact) mass is 282 g/mol. The number of nitrogens with two attached hydrogens (primary N) is 1. The van der Waals surface area contributed by atoms with Crippen LogP contribution in [0.4, 0.5) is 0 Å². The topological polar surface area (TPSA) is 79.5 Å². The molecule has 106 valence electrons. The Morgan fingerprint density at radius 1 is 1.58 bits per heavy atom. The smallest absolute Gasteiger partial charge is 0.261 e. The van der Waals surface area contributed by atoms with Crippen LogP contribution in [0.25, 0.3) is 0 Å². The van der Waals surface area contributed by atoms with E-state index < -0.39 is 0 Å². The maximum atomic E-state index is 11.6. The summed E-state index contributed by atoms with van der Waals surface area (Å²) in [6.07, 6.45) is 1.78. The highest BCUT2D eigenvalue weighted by atomic mass is 32.1. The lowest BCUT2D eigenvalue weighted by atomic mass is 10.3. The van der Waals surface area contributed by atoms with Crippen molar-refractivity contribution in [3.05, 3.63) is 22.4 Å². The van der Waals surface area contributed by atoms with E-state index in [9.17, 15) is 4.79 Å². The van der Waals surface area contributed by atoms with Crippen LogP contribution in [-0.2, 0) is 0 Å². The van der Waals surface area contributed by atoms with Crippen molar-refractivity contribution >= 4 is 23.2 Å². The predicted octanol–water partition coefficient (Wildman–Crippen LogP) is 1.57. The van der Waals surface area contributed by atoms with E-state index in [1.807, 2.05) is 17.5 Å². The van der Waals surface area contributed by atoms with Gasteiger partial charge in [0.1, 0.15) is 0 Å². The number of nitrogens with zero attached hydrogens (tertiary/aromatic N) is 1. The van der Waals surface area contributed by atoms with E-state index in [1.54, 1.807) is 0 Å². The Kier molecular flexibility index (Phi) is 6.95. The summed E-state index contributed by atoms with van der Waals surface area (Å²) < 4.78 is 0. The molecule has 0 saturated carbocycles. The first-order valence-electron chi connectivity index (χ1n) is 6.51. The van der Waals surface area contributed by atoms with Crippen molar-refractivity contribution in [2.24, 2.45) is 10.7 Å². The van der Waals surface area contributed by atoms with Gasteiger partial charge >= 0.3 is 0 Å². The van der Waals surface area contributed by atoms with Crippen LogP contribution in [0.5, 0.6) is 0 Å². The normalized spacial score (nSPS) is 13.1. The molecule has 4 N–H and O–H groups in total. The van der Waals surface area contributed by atoms with E-state index >= 15 is 0 Å². The van der Waals surface area contributed by atoms with Gasteiger partial charge in [0.05, 0.1) is 4.88 Å². The number of guanidine groups is 1. The summed E-state index contributed by atoms with van der Waals surface area (Å²) >= 11 is 1.44. The van der Waals surface area contributed by atoms with Gasteiger partial charge in [0.25, 0.3) is 5.91 Å². The molecule has 0 radical (unpaired) electrons. The molecule has 19 heavy (non-hydrogen) atoms. The van der Waals surface area contributed by atoms with Crippen LogP contribution in [0, 0.1) is 0 Å². The Balaban J connectivity index is 2.14. The lowest BCUT2D eigenvalue weighted by Gasteiger charge is -2.11. The van der Waals surface area contributed by atoms with Crippen LogP contribution in [-0.4, -0.2) is 31.0 Å². The minimum absolute atomic E-state index is 0.0234. The number of carbonyl (C=O) groups is 1. The van der Waals surface area contributed by atoms with E-state index in [1.165, 1.54) is 11.3 Å². The van der Waals surface area contributed by atoms with Crippen LogP contribution >= 0.6 is 11.3 Å². The summed E-state index contributed by atoms with van der Waals surface area (Å²) in [4.78, 5) is 16.6. The molecule has 0 aliphatic carbocycles. The molecule has 5 nitrogen and oxygen atoms in total. The molecule has 0 aliphatic rings. The second kappa shape index (κ2) is 8.53. The van der Waals surface area contributed by atoms with Crippen LogP contribution in [0.1, 0.15) is 36.4 Å². The zero-order valence-corrected chi connectivity index (χ0v) is 12.3. The lowest BCUT2D eigenvalue weighted by Crippen LogP contribution is -2.38. The molecule has 0 spiro atoms. The first kappa shape index (κ1) is 15.5. The van der Waals surface area contributed by atoms with E-state index in [0.717, 1.165) is 17.7 Å². The van der Waals surface area contributed by atoms with E-state index in [-0.39, 0.29) is 5.91 Å². The van der Waals surface area contributed by atoms with Crippen molar-refractivity contribution < 1.29 is 4.79 Å².